The molecule has 2 fully saturated rings. The number of amides is 2. The average molecular weight is 475 g/mol. The van der Waals surface area contributed by atoms with Gasteiger partial charge in [0.1, 0.15) is 17.6 Å². The summed E-state index contributed by atoms with van der Waals surface area (Å²) in [5.41, 5.74) is 10.5. The van der Waals surface area contributed by atoms with Crippen LogP contribution in [0.25, 0.3) is 0 Å². The van der Waals surface area contributed by atoms with Crippen LogP contribution in [-0.4, -0.2) is 27.7 Å². The zero-order chi connectivity index (χ0) is 24.5. The number of nitrogens with zero attached hydrogens (tertiary/aromatic N) is 2. The third kappa shape index (κ3) is 3.29. The van der Waals surface area contributed by atoms with Crippen molar-refractivity contribution in [3.63, 3.8) is 0 Å². The Bertz CT molecular complexity index is 1400. The van der Waals surface area contributed by atoms with Crippen molar-refractivity contribution in [1.29, 1.82) is 5.26 Å². The number of ketones is 1. The molecule has 1 aromatic carbocycles. The normalized spacial score (nSPS) is 22.0. The zero-order valence-electron chi connectivity index (χ0n) is 18.8. The van der Waals surface area contributed by atoms with E-state index in [1.165, 1.54) is 12.1 Å². The number of carbonyl (C=O) groups is 3. The van der Waals surface area contributed by atoms with E-state index in [1.54, 1.807) is 19.2 Å². The number of nitriles is 1. The minimum absolute atomic E-state index is 0.122. The molecular weight excluding hydrogens is 453 g/mol. The van der Waals surface area contributed by atoms with E-state index in [0.717, 1.165) is 18.2 Å². The van der Waals surface area contributed by atoms with Gasteiger partial charge >= 0.3 is 0 Å². The minimum atomic E-state index is -0.710. The first-order valence-electron chi connectivity index (χ1n) is 11.4. The number of hydrogen-bond donors (Lipinski definition) is 5. The van der Waals surface area contributed by atoms with E-state index < -0.39 is 29.0 Å². The number of benzene rings is 1. The Hall–Kier alpha value is -4.17. The van der Waals surface area contributed by atoms with E-state index in [2.05, 4.69) is 27.0 Å². The second kappa shape index (κ2) is 7.41. The van der Waals surface area contributed by atoms with Gasteiger partial charge in [-0.3, -0.25) is 14.4 Å². The summed E-state index contributed by atoms with van der Waals surface area (Å²) >= 11 is 0. The number of halogens is 1. The van der Waals surface area contributed by atoms with Crippen LogP contribution in [0.1, 0.15) is 63.0 Å². The molecule has 5 N–H and O–H groups in total. The minimum Gasteiger partial charge on any atom is -0.338 e. The monoisotopic (exact) mass is 475 g/mol. The summed E-state index contributed by atoms with van der Waals surface area (Å²) in [5, 5.41) is 14.7. The molecule has 0 radical (unpaired) electrons. The van der Waals surface area contributed by atoms with Crippen LogP contribution in [-0.2, 0) is 11.2 Å². The van der Waals surface area contributed by atoms with Crippen molar-refractivity contribution in [2.75, 3.05) is 5.32 Å². The van der Waals surface area contributed by atoms with E-state index in [9.17, 15) is 18.8 Å². The lowest BCUT2D eigenvalue weighted by atomic mass is 10.0. The summed E-state index contributed by atoms with van der Waals surface area (Å²) in [5.74, 6) is -2.16. The Morgan fingerprint density at radius 3 is 2.77 bits per heavy atom. The van der Waals surface area contributed by atoms with Gasteiger partial charge < -0.3 is 26.1 Å². The first-order valence-corrected chi connectivity index (χ1v) is 11.4. The quantitative estimate of drug-likeness (QED) is 0.315. The Morgan fingerprint density at radius 1 is 1.29 bits per heavy atom. The highest BCUT2D eigenvalue weighted by Crippen LogP contribution is 2.54. The lowest BCUT2D eigenvalue weighted by molar-refractivity contribution is -0.117. The van der Waals surface area contributed by atoms with Gasteiger partial charge in [0.05, 0.1) is 22.4 Å². The van der Waals surface area contributed by atoms with Crippen molar-refractivity contribution < 1.29 is 18.8 Å². The molecule has 1 aromatic heterocycles. The molecule has 178 valence electrons. The maximum absolute atomic E-state index is 13.7. The smallest absolute Gasteiger partial charge is 0.293 e. The molecule has 2 saturated carbocycles. The van der Waals surface area contributed by atoms with Gasteiger partial charge in [-0.15, -0.1) is 0 Å². The summed E-state index contributed by atoms with van der Waals surface area (Å²) in [4.78, 5) is 39.7. The average Bonchev–Trinajstić information content (AvgIpc) is 3.62. The van der Waals surface area contributed by atoms with Crippen molar-refractivity contribution in [1.82, 2.24) is 26.3 Å². The van der Waals surface area contributed by atoms with Crippen molar-refractivity contribution >= 4 is 23.3 Å². The summed E-state index contributed by atoms with van der Waals surface area (Å²) in [6.07, 6.45) is 4.68. The lowest BCUT2D eigenvalue weighted by Crippen LogP contribution is -2.46. The van der Waals surface area contributed by atoms with Crippen LogP contribution < -0.4 is 27.0 Å². The second-order valence-corrected chi connectivity index (χ2v) is 9.51. The standard InChI is InChI=1S/C24H22FN7O3/c1-11-19(21(33)23(35)29-24(4-5-24)18-10-27-31-30-18)17-8-12-7-16(12)32(17)20(11)22(34)28-14-2-3-15(25)13(6-14)9-26/h2-3,6,10,12,16,27,30-31H,4-5,7-8H2,1H3,(H,28,34)(H,29,35). The molecule has 2 unspecified atom stereocenters. The Kier molecular flexibility index (Phi) is 4.53. The largest absolute Gasteiger partial charge is 0.338 e. The molecule has 4 aliphatic rings. The van der Waals surface area contributed by atoms with E-state index >= 15 is 0 Å². The third-order valence-corrected chi connectivity index (χ3v) is 7.32. The van der Waals surface area contributed by atoms with Gasteiger partial charge in [-0.25, -0.2) is 4.39 Å². The SMILES string of the molecule is Cc1c(C(=O)C(=O)NC2(C3=CNNN3)CC2)c2n(c1C(=O)Nc1ccc(F)c(C#N)c1)C1CC1C2. The maximum Gasteiger partial charge on any atom is 0.293 e. The van der Waals surface area contributed by atoms with Gasteiger partial charge in [0.25, 0.3) is 17.6 Å². The second-order valence-electron chi connectivity index (χ2n) is 9.51. The zero-order valence-corrected chi connectivity index (χ0v) is 18.8. The number of Topliss-reactive ketones (excluding diaryl/α,β-unsaturated/α-hetero) is 1. The predicted octanol–water partition coefficient (Wildman–Crippen LogP) is 1.46. The summed E-state index contributed by atoms with van der Waals surface area (Å²) in [6.45, 7) is 1.67. The molecule has 35 heavy (non-hydrogen) atoms. The molecule has 10 nitrogen and oxygen atoms in total. The van der Waals surface area contributed by atoms with Crippen LogP contribution in [0.3, 0.4) is 0 Å². The number of nitrogens with one attached hydrogen (secondary N) is 5. The molecule has 0 spiro atoms. The van der Waals surface area contributed by atoms with Crippen LogP contribution in [0.15, 0.2) is 30.1 Å². The number of hydrogen-bond acceptors (Lipinski definition) is 7. The Labute approximate surface area is 199 Å². The summed E-state index contributed by atoms with van der Waals surface area (Å²) in [7, 11) is 0. The molecule has 0 bridgehead atoms. The van der Waals surface area contributed by atoms with Crippen molar-refractivity contribution in [3.05, 3.63) is 64.0 Å². The highest BCUT2D eigenvalue weighted by atomic mass is 19.1. The molecular formula is C24H22FN7O3. The van der Waals surface area contributed by atoms with Crippen molar-refractivity contribution in [2.24, 2.45) is 5.92 Å². The molecule has 11 heteroatoms. The fourth-order valence-corrected chi connectivity index (χ4v) is 5.29. The fraction of sp³-hybridized carbons (Fsp3) is 0.333. The fourth-order valence-electron chi connectivity index (χ4n) is 5.29. The van der Waals surface area contributed by atoms with Gasteiger partial charge in [-0.05, 0) is 62.3 Å². The third-order valence-electron chi connectivity index (χ3n) is 7.32. The van der Waals surface area contributed by atoms with Crippen LogP contribution in [0.5, 0.6) is 0 Å². The topological polar surface area (TPSA) is 140 Å². The van der Waals surface area contributed by atoms with Crippen LogP contribution in [0, 0.1) is 30.0 Å². The first kappa shape index (κ1) is 21.4. The number of rotatable bonds is 6. The van der Waals surface area contributed by atoms with Crippen molar-refractivity contribution in [3.8, 4) is 6.07 Å². The number of fused-ring (bicyclic) bond motifs is 3. The Morgan fingerprint density at radius 2 is 2.09 bits per heavy atom. The molecule has 3 heterocycles. The molecule has 0 saturated heterocycles. The highest BCUT2D eigenvalue weighted by Gasteiger charge is 2.52. The van der Waals surface area contributed by atoms with E-state index in [0.29, 0.717) is 42.1 Å². The van der Waals surface area contributed by atoms with Crippen LogP contribution in [0.4, 0.5) is 10.1 Å². The molecule has 2 atom stereocenters. The molecule has 2 aliphatic heterocycles. The molecule has 2 amide bonds. The van der Waals surface area contributed by atoms with Gasteiger partial charge in [-0.1, -0.05) is 0 Å². The van der Waals surface area contributed by atoms with Gasteiger partial charge in [0.15, 0.2) is 0 Å². The van der Waals surface area contributed by atoms with Crippen LogP contribution in [0.2, 0.25) is 0 Å². The number of carbonyl (C=O) groups excluding carboxylic acids is 3. The molecule has 6 rings (SSSR count). The van der Waals surface area contributed by atoms with Gasteiger partial charge in [0, 0.05) is 23.6 Å². The van der Waals surface area contributed by atoms with Crippen LogP contribution >= 0.6 is 0 Å². The highest BCUT2D eigenvalue weighted by molar-refractivity contribution is 6.44. The van der Waals surface area contributed by atoms with Gasteiger partial charge in [0.2, 0.25) is 0 Å². The van der Waals surface area contributed by atoms with E-state index in [-0.39, 0.29) is 22.9 Å². The van der Waals surface area contributed by atoms with E-state index in [4.69, 9.17) is 5.26 Å². The first-order chi connectivity index (χ1) is 16.8. The Balaban J connectivity index is 1.30. The lowest BCUT2D eigenvalue weighted by Gasteiger charge is -2.18. The molecule has 2 aromatic rings. The van der Waals surface area contributed by atoms with E-state index in [1.807, 2.05) is 4.57 Å². The number of hydrazine groups is 2. The maximum atomic E-state index is 13.7. The summed E-state index contributed by atoms with van der Waals surface area (Å²) < 4.78 is 15.6. The van der Waals surface area contributed by atoms with Crippen molar-refractivity contribution in [2.45, 2.75) is 44.2 Å². The number of anilines is 1. The summed E-state index contributed by atoms with van der Waals surface area (Å²) in [6, 6.07) is 5.63. The number of aromatic nitrogens is 1. The predicted molar refractivity (Wildman–Crippen MR) is 121 cm³/mol. The van der Waals surface area contributed by atoms with Gasteiger partial charge in [-0.2, -0.15) is 10.8 Å². The molecule has 2 aliphatic carbocycles.